The van der Waals surface area contributed by atoms with Gasteiger partial charge in [-0.05, 0) is 161 Å². The van der Waals surface area contributed by atoms with Gasteiger partial charge in [0.15, 0.2) is 0 Å². The van der Waals surface area contributed by atoms with Crippen molar-refractivity contribution in [2.45, 2.75) is 155 Å². The summed E-state index contributed by atoms with van der Waals surface area (Å²) in [5, 5.41) is 0. The molecule has 234 valence electrons. The van der Waals surface area contributed by atoms with Gasteiger partial charge in [-0.15, -0.1) is 0 Å². The molecule has 14 atom stereocenters. The molecule has 42 heavy (non-hydrogen) atoms. The molecule has 0 aromatic carbocycles. The van der Waals surface area contributed by atoms with E-state index in [0.29, 0.717) is 34.2 Å². The minimum atomic E-state index is -0.0129. The van der Waals surface area contributed by atoms with Gasteiger partial charge in [-0.2, -0.15) is 0 Å². The van der Waals surface area contributed by atoms with E-state index in [2.05, 4.69) is 27.7 Å². The fraction of sp³-hybridized carbons (Fsp3) is 0.947. The quantitative estimate of drug-likeness (QED) is 0.248. The second kappa shape index (κ2) is 9.88. The molecule has 0 bridgehead atoms. The Bertz CT molecular complexity index is 1030. The molecule has 0 aromatic rings. The van der Waals surface area contributed by atoms with Crippen LogP contribution in [0.1, 0.15) is 143 Å². The molecule has 0 heterocycles. The lowest BCUT2D eigenvalue weighted by Crippen LogP contribution is -2.54. The van der Waals surface area contributed by atoms with Gasteiger partial charge in [0.25, 0.3) is 0 Å². The molecule has 0 amide bonds. The summed E-state index contributed by atoms with van der Waals surface area (Å²) in [4.78, 5) is 38.3. The van der Waals surface area contributed by atoms with Gasteiger partial charge in [-0.25, -0.2) is 9.78 Å². The smallest absolute Gasteiger partial charge is 0.139 e. The van der Waals surface area contributed by atoms with Crippen LogP contribution in [0.25, 0.3) is 0 Å². The van der Waals surface area contributed by atoms with Crippen LogP contribution in [0.2, 0.25) is 0 Å². The summed E-state index contributed by atoms with van der Waals surface area (Å²) in [6.07, 6.45) is 21.7. The molecule has 2 unspecified atom stereocenters. The van der Waals surface area contributed by atoms with E-state index >= 15 is 0 Å². The van der Waals surface area contributed by atoms with Crippen molar-refractivity contribution in [3.05, 3.63) is 0 Å². The highest BCUT2D eigenvalue weighted by Crippen LogP contribution is 2.67. The van der Waals surface area contributed by atoms with E-state index in [1.807, 2.05) is 0 Å². The number of carbonyl (C=O) groups is 2. The molecular weight excluding hydrogens is 520 g/mol. The van der Waals surface area contributed by atoms with Crippen LogP contribution >= 0.6 is 0 Å². The average Bonchev–Trinajstić information content (AvgIpc) is 3.46. The molecule has 8 aliphatic rings. The summed E-state index contributed by atoms with van der Waals surface area (Å²) >= 11 is 0. The molecule has 8 rings (SSSR count). The molecule has 4 nitrogen and oxygen atoms in total. The topological polar surface area (TPSA) is 52.6 Å². The summed E-state index contributed by atoms with van der Waals surface area (Å²) in [5.41, 5.74) is 0.810. The Balaban J connectivity index is 0.867. The van der Waals surface area contributed by atoms with Gasteiger partial charge < -0.3 is 0 Å². The van der Waals surface area contributed by atoms with E-state index in [1.165, 1.54) is 51.4 Å². The van der Waals surface area contributed by atoms with E-state index in [4.69, 9.17) is 9.78 Å². The van der Waals surface area contributed by atoms with Crippen LogP contribution in [0.3, 0.4) is 0 Å². The first-order valence-corrected chi connectivity index (χ1v) is 18.4. The molecule has 8 fully saturated rings. The Morgan fingerprint density at radius 3 is 1.36 bits per heavy atom. The van der Waals surface area contributed by atoms with Crippen molar-refractivity contribution >= 4 is 11.6 Å². The van der Waals surface area contributed by atoms with Crippen molar-refractivity contribution in [2.75, 3.05) is 0 Å². The average molecular weight is 579 g/mol. The highest BCUT2D eigenvalue weighted by Gasteiger charge is 2.62. The predicted octanol–water partition coefficient (Wildman–Crippen LogP) is 8.90. The number of ketones is 2. The highest BCUT2D eigenvalue weighted by atomic mass is 17.2. The molecule has 8 aliphatic carbocycles. The van der Waals surface area contributed by atoms with Crippen LogP contribution in [-0.2, 0) is 19.4 Å². The lowest BCUT2D eigenvalue weighted by atomic mass is 9.45. The largest absolute Gasteiger partial charge is 0.299 e. The number of Topliss-reactive ketones (excluding diaryl/α,β-unsaturated/α-hetero) is 2. The third-order valence-corrected chi connectivity index (χ3v) is 17.0. The number of fused-ring (bicyclic) bond motifs is 10. The van der Waals surface area contributed by atoms with Gasteiger partial charge >= 0.3 is 0 Å². The molecule has 0 aliphatic heterocycles. The third kappa shape index (κ3) is 3.97. The standard InChI is InChI=1S/C38H58O4/c1-35-17-13-25(21-23(35)5-7-27-29-9-11-33(39)37(29,3)19-15-31(27)35)41-42-26-14-18-36(2)24(22-26)6-8-28-30-10-12-34(40)38(30,4)20-16-32(28)36/h23-32H,5-22H2,1-4H3/t23?,24?,25-,26-,27-,28-,29-,30-,31-,32-,35-,36-,37-,38-/m0/s1. The van der Waals surface area contributed by atoms with E-state index in [9.17, 15) is 9.59 Å². The van der Waals surface area contributed by atoms with Gasteiger partial charge in [0.2, 0.25) is 0 Å². The predicted molar refractivity (Wildman–Crippen MR) is 163 cm³/mol. The molecular formula is C38H58O4. The van der Waals surface area contributed by atoms with Crippen LogP contribution in [0.15, 0.2) is 0 Å². The zero-order valence-electron chi connectivity index (χ0n) is 27.1. The minimum absolute atomic E-state index is 0.0129. The van der Waals surface area contributed by atoms with Crippen LogP contribution in [0, 0.1) is 69.0 Å². The van der Waals surface area contributed by atoms with E-state index in [-0.39, 0.29) is 23.0 Å². The second-order valence-electron chi connectivity index (χ2n) is 18.1. The van der Waals surface area contributed by atoms with Gasteiger partial charge in [-0.1, -0.05) is 27.7 Å². The maximum Gasteiger partial charge on any atom is 0.139 e. The van der Waals surface area contributed by atoms with Crippen LogP contribution < -0.4 is 0 Å². The first kappa shape index (κ1) is 28.7. The second-order valence-corrected chi connectivity index (χ2v) is 18.1. The van der Waals surface area contributed by atoms with E-state index in [0.717, 1.165) is 99.7 Å². The van der Waals surface area contributed by atoms with Crippen molar-refractivity contribution in [1.82, 2.24) is 0 Å². The monoisotopic (exact) mass is 578 g/mol. The Kier molecular flexibility index (Phi) is 6.75. The van der Waals surface area contributed by atoms with Crippen molar-refractivity contribution in [2.24, 2.45) is 69.0 Å². The Labute approximate surface area is 255 Å². The molecule has 0 spiro atoms. The maximum atomic E-state index is 12.8. The van der Waals surface area contributed by atoms with Crippen LogP contribution in [-0.4, -0.2) is 23.8 Å². The molecule has 0 saturated heterocycles. The van der Waals surface area contributed by atoms with Crippen molar-refractivity contribution in [3.63, 3.8) is 0 Å². The molecule has 0 N–H and O–H groups in total. The zero-order valence-corrected chi connectivity index (χ0v) is 27.1. The molecule has 0 aromatic heterocycles. The normalized spacial score (nSPS) is 57.0. The SMILES string of the molecule is C[C@]12CC[C@H](OO[C@H]3CC[C@@]4(C)C(CC[C@@H]5[C@@H]4CC[C@]4(C)C(=O)CC[C@@H]54)C3)CC1CC[C@@H]1[C@@H]2CC[C@]2(C)C(=O)CC[C@@H]12. The van der Waals surface area contributed by atoms with Gasteiger partial charge in [-0.3, -0.25) is 9.59 Å². The lowest BCUT2D eigenvalue weighted by Gasteiger charge is -2.60. The fourth-order valence-corrected chi connectivity index (χ4v) is 14.3. The maximum absolute atomic E-state index is 12.8. The Morgan fingerprint density at radius 1 is 0.500 bits per heavy atom. The lowest BCUT2D eigenvalue weighted by molar-refractivity contribution is -0.369. The van der Waals surface area contributed by atoms with E-state index < -0.39 is 0 Å². The summed E-state index contributed by atoms with van der Waals surface area (Å²) in [6.45, 7) is 9.83. The Morgan fingerprint density at radius 2 is 0.929 bits per heavy atom. The van der Waals surface area contributed by atoms with Crippen molar-refractivity contribution < 1.29 is 19.4 Å². The fourth-order valence-electron chi connectivity index (χ4n) is 14.3. The number of hydrogen-bond acceptors (Lipinski definition) is 4. The number of rotatable bonds is 3. The highest BCUT2D eigenvalue weighted by molar-refractivity contribution is 5.87. The van der Waals surface area contributed by atoms with Crippen LogP contribution in [0.5, 0.6) is 0 Å². The molecule has 0 radical (unpaired) electrons. The summed E-state index contributed by atoms with van der Waals surface area (Å²) < 4.78 is 0. The van der Waals surface area contributed by atoms with Crippen molar-refractivity contribution in [3.8, 4) is 0 Å². The number of hydrogen-bond donors (Lipinski definition) is 0. The Hall–Kier alpha value is -0.740. The van der Waals surface area contributed by atoms with Gasteiger partial charge in [0.05, 0.1) is 12.2 Å². The molecule has 4 heteroatoms. The van der Waals surface area contributed by atoms with Gasteiger partial charge in [0, 0.05) is 23.7 Å². The first-order valence-electron chi connectivity index (χ1n) is 18.4. The summed E-state index contributed by atoms with van der Waals surface area (Å²) in [6, 6.07) is 0. The zero-order chi connectivity index (χ0) is 29.1. The summed E-state index contributed by atoms with van der Waals surface area (Å²) in [7, 11) is 0. The van der Waals surface area contributed by atoms with Gasteiger partial charge in [0.1, 0.15) is 11.6 Å². The molecule has 8 saturated carbocycles. The number of carbonyl (C=O) groups excluding carboxylic acids is 2. The van der Waals surface area contributed by atoms with Crippen molar-refractivity contribution in [1.29, 1.82) is 0 Å². The van der Waals surface area contributed by atoms with Crippen LogP contribution in [0.4, 0.5) is 0 Å². The third-order valence-electron chi connectivity index (χ3n) is 17.0. The first-order chi connectivity index (χ1) is 20.1. The summed E-state index contributed by atoms with van der Waals surface area (Å²) in [5.74, 6) is 7.04. The van der Waals surface area contributed by atoms with E-state index in [1.54, 1.807) is 0 Å². The minimum Gasteiger partial charge on any atom is -0.299 e.